The number of hydrogen-bond donors (Lipinski definition) is 2. The number of likely N-dealkylation sites (N-methyl/N-ethyl adjacent to an activating group) is 1. The fraction of sp³-hybridized carbons (Fsp3) is 0.556. The van der Waals surface area contributed by atoms with Gasteiger partial charge in [0.1, 0.15) is 16.1 Å². The van der Waals surface area contributed by atoms with Crippen LogP contribution in [-0.4, -0.2) is 73.4 Å². The predicted octanol–water partition coefficient (Wildman–Crippen LogP) is 3.81. The van der Waals surface area contributed by atoms with Gasteiger partial charge in [0.2, 0.25) is 5.91 Å². The summed E-state index contributed by atoms with van der Waals surface area (Å²) in [7, 11) is -2.17. The molecular formula is C27H37N3O6S2. The van der Waals surface area contributed by atoms with Gasteiger partial charge in [-0.05, 0) is 49.4 Å². The third kappa shape index (κ3) is 6.22. The quantitative estimate of drug-likeness (QED) is 0.505. The van der Waals surface area contributed by atoms with Crippen LogP contribution in [0.1, 0.15) is 56.3 Å². The number of aliphatic hydroxyl groups is 1. The maximum absolute atomic E-state index is 13.6. The number of thiophene rings is 1. The molecule has 11 heteroatoms. The molecule has 1 aliphatic carbocycles. The van der Waals surface area contributed by atoms with E-state index >= 15 is 0 Å². The minimum absolute atomic E-state index is 0.0327. The lowest BCUT2D eigenvalue weighted by atomic mass is 9.88. The predicted molar refractivity (Wildman–Crippen MR) is 147 cm³/mol. The first-order valence-corrected chi connectivity index (χ1v) is 15.5. The molecule has 0 bridgehead atoms. The molecule has 2 aliphatic rings. The molecule has 2 heterocycles. The van der Waals surface area contributed by atoms with Gasteiger partial charge in [-0.2, -0.15) is 4.31 Å². The number of ether oxygens (including phenoxy) is 1. The molecule has 3 atom stereocenters. The normalized spacial score (nSPS) is 21.8. The highest BCUT2D eigenvalue weighted by Crippen LogP contribution is 2.32. The number of carbonyl (C=O) groups excluding carboxylic acids is 2. The molecule has 0 spiro atoms. The highest BCUT2D eigenvalue weighted by Gasteiger charge is 2.35. The van der Waals surface area contributed by atoms with Gasteiger partial charge in [0.15, 0.2) is 0 Å². The standard InChI is InChI=1S/C27H37N3O6S2/c1-18-15-30(19(2)17-31)27(33)22-14-21(28-26(32)20-8-5-4-6-9-20)11-12-23(22)36-24(18)16-29(3)38(34,35)25-10-7-13-37-25/h7,10-14,18-20,24,31H,4-6,8-9,15-17H2,1-3H3,(H,28,32)/t18-,19+,24+/m0/s1. The van der Waals surface area contributed by atoms with E-state index < -0.39 is 22.2 Å². The van der Waals surface area contributed by atoms with Crippen molar-refractivity contribution in [2.24, 2.45) is 11.8 Å². The van der Waals surface area contributed by atoms with Gasteiger partial charge in [0.25, 0.3) is 15.9 Å². The van der Waals surface area contributed by atoms with Crippen LogP contribution in [0.25, 0.3) is 0 Å². The van der Waals surface area contributed by atoms with Crippen molar-refractivity contribution in [2.75, 3.05) is 32.1 Å². The molecule has 0 unspecified atom stereocenters. The average molecular weight is 564 g/mol. The largest absolute Gasteiger partial charge is 0.488 e. The SMILES string of the molecule is C[C@H](CO)N1C[C@H](C)[C@@H](CN(C)S(=O)(=O)c2cccs2)Oc2ccc(NC(=O)C3CCCCC3)cc2C1=O. The molecule has 2 aromatic rings. The minimum atomic E-state index is -3.69. The number of benzene rings is 1. The van der Waals surface area contributed by atoms with Crippen molar-refractivity contribution in [1.82, 2.24) is 9.21 Å². The molecule has 1 aliphatic heterocycles. The fourth-order valence-corrected chi connectivity index (χ4v) is 7.43. The van der Waals surface area contributed by atoms with Crippen molar-refractivity contribution >= 4 is 38.9 Å². The zero-order chi connectivity index (χ0) is 27.4. The van der Waals surface area contributed by atoms with Crippen LogP contribution in [0.4, 0.5) is 5.69 Å². The maximum Gasteiger partial charge on any atom is 0.258 e. The van der Waals surface area contributed by atoms with Gasteiger partial charge >= 0.3 is 0 Å². The van der Waals surface area contributed by atoms with E-state index in [0.717, 1.165) is 43.4 Å². The minimum Gasteiger partial charge on any atom is -0.488 e. The molecule has 2 amide bonds. The van der Waals surface area contributed by atoms with Crippen molar-refractivity contribution in [2.45, 2.75) is 62.3 Å². The van der Waals surface area contributed by atoms with E-state index in [1.807, 2.05) is 6.92 Å². The summed E-state index contributed by atoms with van der Waals surface area (Å²) in [5.41, 5.74) is 0.780. The second-order valence-electron chi connectivity index (χ2n) is 10.4. The van der Waals surface area contributed by atoms with Gasteiger partial charge in [-0.15, -0.1) is 11.3 Å². The number of amides is 2. The molecule has 9 nitrogen and oxygen atoms in total. The fourth-order valence-electron chi connectivity index (χ4n) is 5.04. The lowest BCUT2D eigenvalue weighted by Crippen LogP contribution is -2.50. The molecule has 1 saturated carbocycles. The van der Waals surface area contributed by atoms with Crippen LogP contribution in [0.3, 0.4) is 0 Å². The van der Waals surface area contributed by atoms with E-state index in [4.69, 9.17) is 4.74 Å². The number of fused-ring (bicyclic) bond motifs is 1. The van der Waals surface area contributed by atoms with Crippen molar-refractivity contribution in [1.29, 1.82) is 0 Å². The highest BCUT2D eigenvalue weighted by molar-refractivity contribution is 7.91. The Bertz CT molecular complexity index is 1230. The third-order valence-electron chi connectivity index (χ3n) is 7.50. The third-order valence-corrected chi connectivity index (χ3v) is 10.7. The number of anilines is 1. The Balaban J connectivity index is 1.62. The molecule has 1 fully saturated rings. The lowest BCUT2D eigenvalue weighted by Gasteiger charge is -2.38. The molecule has 2 N–H and O–H groups in total. The molecule has 1 aromatic heterocycles. The summed E-state index contributed by atoms with van der Waals surface area (Å²) >= 11 is 1.16. The highest BCUT2D eigenvalue weighted by atomic mass is 32.2. The van der Waals surface area contributed by atoms with Gasteiger partial charge in [-0.1, -0.05) is 32.3 Å². The van der Waals surface area contributed by atoms with E-state index in [-0.39, 0.29) is 53.1 Å². The van der Waals surface area contributed by atoms with E-state index in [0.29, 0.717) is 11.4 Å². The summed E-state index contributed by atoms with van der Waals surface area (Å²) in [5.74, 6) is -0.293. The van der Waals surface area contributed by atoms with Gasteiger partial charge in [0.05, 0.1) is 24.8 Å². The zero-order valence-electron chi connectivity index (χ0n) is 22.1. The Morgan fingerprint density at radius 1 is 1.26 bits per heavy atom. The van der Waals surface area contributed by atoms with Crippen molar-refractivity contribution in [3.63, 3.8) is 0 Å². The number of nitrogens with one attached hydrogen (secondary N) is 1. The summed E-state index contributed by atoms with van der Waals surface area (Å²) in [5, 5.41) is 14.6. The molecular weight excluding hydrogens is 526 g/mol. The topological polar surface area (TPSA) is 116 Å². The average Bonchev–Trinajstić information content (AvgIpc) is 3.47. The number of carbonyl (C=O) groups is 2. The van der Waals surface area contributed by atoms with E-state index in [1.165, 1.54) is 11.4 Å². The molecule has 1 aromatic carbocycles. The van der Waals surface area contributed by atoms with Crippen LogP contribution in [0, 0.1) is 11.8 Å². The Kier molecular flexibility index (Phi) is 9.12. The second kappa shape index (κ2) is 12.1. The van der Waals surface area contributed by atoms with Gasteiger partial charge in [-0.3, -0.25) is 9.59 Å². The second-order valence-corrected chi connectivity index (χ2v) is 13.6. The Morgan fingerprint density at radius 2 is 2.00 bits per heavy atom. The summed E-state index contributed by atoms with van der Waals surface area (Å²) in [6, 6.07) is 7.80. The van der Waals surface area contributed by atoms with Gasteiger partial charge in [-0.25, -0.2) is 8.42 Å². The van der Waals surface area contributed by atoms with Crippen LogP contribution >= 0.6 is 11.3 Å². The Hall–Kier alpha value is -2.47. The van der Waals surface area contributed by atoms with Gasteiger partial charge < -0.3 is 20.1 Å². The summed E-state index contributed by atoms with van der Waals surface area (Å²) in [4.78, 5) is 28.1. The first-order chi connectivity index (χ1) is 18.1. The summed E-state index contributed by atoms with van der Waals surface area (Å²) in [6.45, 7) is 3.81. The van der Waals surface area contributed by atoms with Crippen molar-refractivity contribution < 1.29 is 27.9 Å². The Morgan fingerprint density at radius 3 is 2.66 bits per heavy atom. The van der Waals surface area contributed by atoms with Crippen LogP contribution < -0.4 is 10.1 Å². The van der Waals surface area contributed by atoms with Crippen LogP contribution in [0.5, 0.6) is 5.75 Å². The number of aliphatic hydroxyl groups excluding tert-OH is 1. The van der Waals surface area contributed by atoms with E-state index in [9.17, 15) is 23.1 Å². The zero-order valence-corrected chi connectivity index (χ0v) is 23.8. The van der Waals surface area contributed by atoms with Crippen LogP contribution in [0.15, 0.2) is 39.9 Å². The van der Waals surface area contributed by atoms with E-state index in [1.54, 1.807) is 47.5 Å². The van der Waals surface area contributed by atoms with Crippen LogP contribution in [0.2, 0.25) is 0 Å². The van der Waals surface area contributed by atoms with E-state index in [2.05, 4.69) is 5.32 Å². The number of hydrogen-bond acceptors (Lipinski definition) is 7. The smallest absolute Gasteiger partial charge is 0.258 e. The Labute approximate surface area is 228 Å². The van der Waals surface area contributed by atoms with Crippen LogP contribution in [-0.2, 0) is 14.8 Å². The number of nitrogens with zero attached hydrogens (tertiary/aromatic N) is 2. The van der Waals surface area contributed by atoms with Crippen molar-refractivity contribution in [3.05, 3.63) is 41.3 Å². The van der Waals surface area contributed by atoms with Gasteiger partial charge in [0, 0.05) is 31.1 Å². The molecule has 4 rings (SSSR count). The van der Waals surface area contributed by atoms with Crippen molar-refractivity contribution in [3.8, 4) is 5.75 Å². The summed E-state index contributed by atoms with van der Waals surface area (Å²) < 4.78 is 34.0. The maximum atomic E-state index is 13.6. The monoisotopic (exact) mass is 563 g/mol. The number of sulfonamides is 1. The lowest BCUT2D eigenvalue weighted by molar-refractivity contribution is -0.120. The molecule has 0 saturated heterocycles. The summed E-state index contributed by atoms with van der Waals surface area (Å²) in [6.07, 6.45) is 4.40. The number of rotatable bonds is 8. The first kappa shape index (κ1) is 28.5. The molecule has 38 heavy (non-hydrogen) atoms. The first-order valence-electron chi connectivity index (χ1n) is 13.1. The molecule has 208 valence electrons. The molecule has 0 radical (unpaired) electrons.